The van der Waals surface area contributed by atoms with Crippen molar-refractivity contribution in [1.29, 1.82) is 0 Å². The number of para-hydroxylation sites is 1. The van der Waals surface area contributed by atoms with Gasteiger partial charge in [0.1, 0.15) is 0 Å². The van der Waals surface area contributed by atoms with Crippen molar-refractivity contribution in [2.24, 2.45) is 0 Å². The number of esters is 1. The van der Waals surface area contributed by atoms with Crippen LogP contribution in [0.2, 0.25) is 0 Å². The number of anilines is 1. The number of rotatable bonds is 8. The highest BCUT2D eigenvalue weighted by Crippen LogP contribution is 2.38. The summed E-state index contributed by atoms with van der Waals surface area (Å²) in [7, 11) is 0. The minimum Gasteiger partial charge on any atom is -0.452 e. The standard InChI is InChI=1S/C27H29N3O4/c1-17-15-23(19(3)30(17)21-13-14-21)27(33)34-16-25(31)29-24-12-8-7-11-22(24)26(32)28-18(2)20-9-5-4-6-10-20/h4-12,15,18,21H,13-14,16H2,1-3H3,(H,28,32)(H,29,31). The average Bonchev–Trinajstić information content (AvgIpc) is 3.62. The van der Waals surface area contributed by atoms with Crippen LogP contribution in [0.25, 0.3) is 0 Å². The van der Waals surface area contributed by atoms with E-state index in [1.807, 2.05) is 51.1 Å². The predicted molar refractivity (Wildman–Crippen MR) is 130 cm³/mol. The van der Waals surface area contributed by atoms with E-state index < -0.39 is 18.5 Å². The Balaban J connectivity index is 1.37. The maximum Gasteiger partial charge on any atom is 0.340 e. The van der Waals surface area contributed by atoms with Crippen LogP contribution in [0.3, 0.4) is 0 Å². The molecule has 3 aromatic rings. The Morgan fingerprint density at radius 3 is 2.38 bits per heavy atom. The third-order valence-corrected chi connectivity index (χ3v) is 6.04. The highest BCUT2D eigenvalue weighted by atomic mass is 16.5. The van der Waals surface area contributed by atoms with Crippen LogP contribution in [0.1, 0.15) is 69.5 Å². The van der Waals surface area contributed by atoms with E-state index in [-0.39, 0.29) is 11.9 Å². The van der Waals surface area contributed by atoms with Crippen molar-refractivity contribution in [2.75, 3.05) is 11.9 Å². The fourth-order valence-electron chi connectivity index (χ4n) is 4.16. The summed E-state index contributed by atoms with van der Waals surface area (Å²) in [5, 5.41) is 5.64. The molecule has 7 nitrogen and oxygen atoms in total. The zero-order chi connectivity index (χ0) is 24.2. The largest absolute Gasteiger partial charge is 0.452 e. The summed E-state index contributed by atoms with van der Waals surface area (Å²) in [5.74, 6) is -1.35. The van der Waals surface area contributed by atoms with Crippen molar-refractivity contribution in [3.63, 3.8) is 0 Å². The first-order valence-electron chi connectivity index (χ1n) is 11.5. The van der Waals surface area contributed by atoms with Crippen LogP contribution in [0.15, 0.2) is 60.7 Å². The molecule has 4 rings (SSSR count). The van der Waals surface area contributed by atoms with Gasteiger partial charge in [-0.05, 0) is 57.4 Å². The fraction of sp³-hybridized carbons (Fsp3) is 0.296. The first kappa shape index (κ1) is 23.3. The Morgan fingerprint density at radius 1 is 1.00 bits per heavy atom. The predicted octanol–water partition coefficient (Wildman–Crippen LogP) is 4.73. The molecule has 2 aromatic carbocycles. The van der Waals surface area contributed by atoms with Crippen molar-refractivity contribution in [3.05, 3.63) is 88.7 Å². The summed E-state index contributed by atoms with van der Waals surface area (Å²) in [5.41, 5.74) is 4.02. The van der Waals surface area contributed by atoms with Gasteiger partial charge in [-0.1, -0.05) is 42.5 Å². The molecule has 2 amide bonds. The molecule has 0 saturated heterocycles. The zero-order valence-corrected chi connectivity index (χ0v) is 19.6. The number of carbonyl (C=O) groups excluding carboxylic acids is 3. The number of hydrogen-bond donors (Lipinski definition) is 2. The lowest BCUT2D eigenvalue weighted by atomic mass is 10.1. The Kier molecular flexibility index (Phi) is 6.82. The number of nitrogens with zero attached hydrogens (tertiary/aromatic N) is 1. The van der Waals surface area contributed by atoms with E-state index in [0.29, 0.717) is 22.9 Å². The van der Waals surface area contributed by atoms with Gasteiger partial charge >= 0.3 is 5.97 Å². The number of carbonyl (C=O) groups is 3. The van der Waals surface area contributed by atoms with Gasteiger partial charge in [-0.15, -0.1) is 0 Å². The van der Waals surface area contributed by atoms with Crippen LogP contribution in [-0.2, 0) is 9.53 Å². The highest BCUT2D eigenvalue weighted by molar-refractivity contribution is 6.04. The van der Waals surface area contributed by atoms with Gasteiger partial charge in [-0.25, -0.2) is 4.79 Å². The van der Waals surface area contributed by atoms with Gasteiger partial charge in [0.05, 0.1) is 22.9 Å². The van der Waals surface area contributed by atoms with Gasteiger partial charge in [-0.3, -0.25) is 9.59 Å². The first-order valence-corrected chi connectivity index (χ1v) is 11.5. The molecule has 1 heterocycles. The van der Waals surface area contributed by atoms with Crippen LogP contribution in [-0.4, -0.2) is 29.0 Å². The monoisotopic (exact) mass is 459 g/mol. The van der Waals surface area contributed by atoms with Crippen LogP contribution >= 0.6 is 0 Å². The molecule has 1 saturated carbocycles. The zero-order valence-electron chi connectivity index (χ0n) is 19.6. The van der Waals surface area contributed by atoms with Crippen molar-refractivity contribution < 1.29 is 19.1 Å². The van der Waals surface area contributed by atoms with Gasteiger partial charge in [0.15, 0.2) is 6.61 Å². The van der Waals surface area contributed by atoms with Gasteiger partial charge in [0.2, 0.25) is 0 Å². The normalized spacial score (nSPS) is 13.7. The summed E-state index contributed by atoms with van der Waals surface area (Å²) in [6.45, 7) is 5.32. The number of nitrogens with one attached hydrogen (secondary N) is 2. The Hall–Kier alpha value is -3.87. The Labute approximate surface area is 199 Å². The number of ether oxygens (including phenoxy) is 1. The highest BCUT2D eigenvalue weighted by Gasteiger charge is 2.29. The SMILES string of the molecule is Cc1cc(C(=O)OCC(=O)Nc2ccccc2C(=O)NC(C)c2ccccc2)c(C)n1C1CC1. The number of amides is 2. The summed E-state index contributed by atoms with van der Waals surface area (Å²) < 4.78 is 7.42. The minimum atomic E-state index is -0.530. The number of aryl methyl sites for hydroxylation is 1. The van der Waals surface area contributed by atoms with Gasteiger partial charge in [0, 0.05) is 17.4 Å². The van der Waals surface area contributed by atoms with E-state index >= 15 is 0 Å². The maximum absolute atomic E-state index is 12.9. The lowest BCUT2D eigenvalue weighted by Gasteiger charge is -2.16. The number of benzene rings is 2. The number of hydrogen-bond acceptors (Lipinski definition) is 4. The Bertz CT molecular complexity index is 1210. The molecule has 1 aliphatic carbocycles. The van der Waals surface area contributed by atoms with Crippen LogP contribution in [0.5, 0.6) is 0 Å². The van der Waals surface area contributed by atoms with E-state index in [4.69, 9.17) is 4.74 Å². The lowest BCUT2D eigenvalue weighted by molar-refractivity contribution is -0.119. The fourth-order valence-corrected chi connectivity index (χ4v) is 4.16. The molecule has 2 N–H and O–H groups in total. The van der Waals surface area contributed by atoms with E-state index in [9.17, 15) is 14.4 Å². The smallest absolute Gasteiger partial charge is 0.340 e. The van der Waals surface area contributed by atoms with Crippen molar-refractivity contribution in [2.45, 2.75) is 45.7 Å². The Morgan fingerprint density at radius 2 is 1.68 bits per heavy atom. The second kappa shape index (κ2) is 9.95. The molecule has 1 fully saturated rings. The molecular formula is C27H29N3O4. The van der Waals surface area contributed by atoms with E-state index in [1.165, 1.54) is 0 Å². The van der Waals surface area contributed by atoms with Crippen LogP contribution < -0.4 is 10.6 Å². The minimum absolute atomic E-state index is 0.201. The molecule has 7 heteroatoms. The lowest BCUT2D eigenvalue weighted by Crippen LogP contribution is -2.28. The van der Waals surface area contributed by atoms with Crippen LogP contribution in [0.4, 0.5) is 5.69 Å². The molecule has 1 atom stereocenters. The van der Waals surface area contributed by atoms with Gasteiger partial charge in [0.25, 0.3) is 11.8 Å². The first-order chi connectivity index (χ1) is 16.3. The summed E-state index contributed by atoms with van der Waals surface area (Å²) in [6.07, 6.45) is 2.23. The molecule has 0 radical (unpaired) electrons. The third kappa shape index (κ3) is 5.20. The molecule has 1 unspecified atom stereocenters. The van der Waals surface area contributed by atoms with Gasteiger partial charge in [-0.2, -0.15) is 0 Å². The topological polar surface area (TPSA) is 89.4 Å². The average molecular weight is 460 g/mol. The maximum atomic E-state index is 12.9. The van der Waals surface area contributed by atoms with Crippen molar-refractivity contribution in [1.82, 2.24) is 9.88 Å². The summed E-state index contributed by atoms with van der Waals surface area (Å²) >= 11 is 0. The van der Waals surface area contributed by atoms with Crippen molar-refractivity contribution in [3.8, 4) is 0 Å². The van der Waals surface area contributed by atoms with E-state index in [2.05, 4.69) is 15.2 Å². The quantitative estimate of drug-likeness (QED) is 0.477. The second-order valence-electron chi connectivity index (χ2n) is 8.66. The van der Waals surface area contributed by atoms with Crippen molar-refractivity contribution >= 4 is 23.5 Å². The molecule has 0 spiro atoms. The molecule has 176 valence electrons. The molecular weight excluding hydrogens is 430 g/mol. The molecule has 0 bridgehead atoms. The molecule has 0 aliphatic heterocycles. The third-order valence-electron chi connectivity index (χ3n) is 6.04. The molecule has 34 heavy (non-hydrogen) atoms. The second-order valence-corrected chi connectivity index (χ2v) is 8.66. The van der Waals surface area contributed by atoms with Gasteiger partial charge < -0.3 is 19.9 Å². The molecule has 1 aliphatic rings. The molecule has 1 aromatic heterocycles. The summed E-state index contributed by atoms with van der Waals surface area (Å²) in [4.78, 5) is 38.0. The van der Waals surface area contributed by atoms with E-state index in [1.54, 1.807) is 30.3 Å². The summed E-state index contributed by atoms with van der Waals surface area (Å²) in [6, 6.07) is 18.4. The van der Waals surface area contributed by atoms with Crippen LogP contribution in [0, 0.1) is 13.8 Å². The van der Waals surface area contributed by atoms with E-state index in [0.717, 1.165) is 29.8 Å². The number of aromatic nitrogens is 1.